The summed E-state index contributed by atoms with van der Waals surface area (Å²) in [6.07, 6.45) is -4.38. The van der Waals surface area contributed by atoms with Crippen LogP contribution in [0.3, 0.4) is 0 Å². The van der Waals surface area contributed by atoms with Crippen LogP contribution in [0.1, 0.15) is 31.8 Å². The summed E-state index contributed by atoms with van der Waals surface area (Å²) < 4.78 is 38.9. The average Bonchev–Trinajstić information content (AvgIpc) is 2.66. The molecular weight excluding hydrogens is 293 g/mol. The van der Waals surface area contributed by atoms with E-state index in [2.05, 4.69) is 0 Å². The molecule has 0 amide bonds. The van der Waals surface area contributed by atoms with Gasteiger partial charge >= 0.3 is 6.18 Å². The molecule has 0 aliphatic carbocycles. The monoisotopic (exact) mass is 304 g/mol. The highest BCUT2D eigenvalue weighted by atomic mass is 35.5. The Morgan fingerprint density at radius 1 is 1.16 bits per heavy atom. The molecule has 0 saturated carbocycles. The van der Waals surface area contributed by atoms with Crippen molar-refractivity contribution in [3.63, 3.8) is 0 Å². The fraction of sp³-hybridized carbons (Fsp3) is 0.286. The van der Waals surface area contributed by atoms with Crippen molar-refractivity contribution in [1.82, 2.24) is 0 Å². The van der Waals surface area contributed by atoms with Crippen LogP contribution in [-0.4, -0.2) is 0 Å². The minimum Gasteiger partial charge on any atom is -0.166 e. The van der Waals surface area contributed by atoms with Crippen molar-refractivity contribution < 1.29 is 13.2 Å². The maximum absolute atomic E-state index is 13.0. The minimum absolute atomic E-state index is 0.113. The van der Waals surface area contributed by atoms with Crippen molar-refractivity contribution >= 4 is 22.9 Å². The maximum Gasteiger partial charge on any atom is 0.416 e. The molecule has 0 radical (unpaired) electrons. The molecular formula is C14H12ClF3S. The van der Waals surface area contributed by atoms with Crippen molar-refractivity contribution in [3.05, 3.63) is 56.8 Å². The molecule has 0 nitrogen and oxygen atoms in total. The van der Waals surface area contributed by atoms with E-state index in [1.807, 2.05) is 19.9 Å². The highest BCUT2D eigenvalue weighted by Gasteiger charge is 2.35. The average molecular weight is 305 g/mol. The third kappa shape index (κ3) is 2.95. The zero-order valence-corrected chi connectivity index (χ0v) is 12.0. The first-order chi connectivity index (χ1) is 8.80. The van der Waals surface area contributed by atoms with Crippen molar-refractivity contribution in [2.24, 2.45) is 0 Å². The standard InChI is InChI=1S/C14H12ClF3S/c1-8-7-9(2)19-13(8)12(15)10-5-3-4-6-11(10)14(16,17)18/h3-7,12H,1-2H3. The van der Waals surface area contributed by atoms with Crippen LogP contribution in [0.15, 0.2) is 30.3 Å². The lowest BCUT2D eigenvalue weighted by atomic mass is 10.0. The first-order valence-electron chi connectivity index (χ1n) is 5.68. The molecule has 1 aromatic heterocycles. The fourth-order valence-corrected chi connectivity index (χ4v) is 3.56. The number of halogens is 4. The van der Waals surface area contributed by atoms with Gasteiger partial charge in [-0.25, -0.2) is 0 Å². The highest BCUT2D eigenvalue weighted by Crippen LogP contribution is 2.42. The Hall–Kier alpha value is -1.00. The number of hydrogen-bond acceptors (Lipinski definition) is 1. The SMILES string of the molecule is Cc1cc(C)c(C(Cl)c2ccccc2C(F)(F)F)s1. The summed E-state index contributed by atoms with van der Waals surface area (Å²) >= 11 is 7.71. The van der Waals surface area contributed by atoms with Gasteiger partial charge in [-0.2, -0.15) is 13.2 Å². The van der Waals surface area contributed by atoms with Crippen molar-refractivity contribution in [1.29, 1.82) is 0 Å². The molecule has 0 aliphatic rings. The molecule has 102 valence electrons. The lowest BCUT2D eigenvalue weighted by Crippen LogP contribution is -2.10. The Labute approximate surface area is 118 Å². The lowest BCUT2D eigenvalue weighted by Gasteiger charge is -2.16. The molecule has 1 unspecified atom stereocenters. The van der Waals surface area contributed by atoms with Crippen LogP contribution in [0.4, 0.5) is 13.2 Å². The van der Waals surface area contributed by atoms with Crippen LogP contribution in [0, 0.1) is 13.8 Å². The topological polar surface area (TPSA) is 0 Å². The molecule has 1 heterocycles. The van der Waals surface area contributed by atoms with Gasteiger partial charge < -0.3 is 0 Å². The van der Waals surface area contributed by atoms with E-state index in [4.69, 9.17) is 11.6 Å². The summed E-state index contributed by atoms with van der Waals surface area (Å²) in [6.45, 7) is 3.78. The largest absolute Gasteiger partial charge is 0.416 e. The van der Waals surface area contributed by atoms with Gasteiger partial charge in [-0.1, -0.05) is 18.2 Å². The summed E-state index contributed by atoms with van der Waals surface area (Å²) in [5, 5.41) is -0.767. The lowest BCUT2D eigenvalue weighted by molar-refractivity contribution is -0.138. The Balaban J connectivity index is 2.50. The zero-order chi connectivity index (χ0) is 14.2. The summed E-state index contributed by atoms with van der Waals surface area (Å²) in [6, 6.07) is 7.40. The van der Waals surface area contributed by atoms with E-state index in [0.717, 1.165) is 21.4 Å². The van der Waals surface area contributed by atoms with Gasteiger partial charge in [-0.15, -0.1) is 22.9 Å². The maximum atomic E-state index is 13.0. The van der Waals surface area contributed by atoms with Gasteiger partial charge in [0.05, 0.1) is 10.9 Å². The normalized spacial score (nSPS) is 13.6. The van der Waals surface area contributed by atoms with E-state index >= 15 is 0 Å². The van der Waals surface area contributed by atoms with E-state index in [1.54, 1.807) is 6.07 Å². The molecule has 2 rings (SSSR count). The Morgan fingerprint density at radius 3 is 2.32 bits per heavy atom. The van der Waals surface area contributed by atoms with Gasteiger partial charge in [-0.3, -0.25) is 0 Å². The third-order valence-electron chi connectivity index (χ3n) is 2.85. The number of hydrogen-bond donors (Lipinski definition) is 0. The third-order valence-corrected chi connectivity index (χ3v) is 4.65. The predicted octanol–water partition coefficient (Wildman–Crippen LogP) is 5.71. The molecule has 0 bridgehead atoms. The minimum atomic E-state index is -4.38. The second-order valence-corrected chi connectivity index (χ2v) is 6.08. The molecule has 0 saturated heterocycles. The molecule has 19 heavy (non-hydrogen) atoms. The van der Waals surface area contributed by atoms with Gasteiger partial charge in [0.1, 0.15) is 0 Å². The van der Waals surface area contributed by atoms with E-state index in [9.17, 15) is 13.2 Å². The summed E-state index contributed by atoms with van der Waals surface area (Å²) in [4.78, 5) is 1.82. The highest BCUT2D eigenvalue weighted by molar-refractivity contribution is 7.12. The summed E-state index contributed by atoms with van der Waals surface area (Å²) in [5.74, 6) is 0. The summed E-state index contributed by atoms with van der Waals surface area (Å²) in [5.41, 5.74) is 0.376. The van der Waals surface area contributed by atoms with E-state index in [0.29, 0.717) is 0 Å². The predicted molar refractivity (Wildman–Crippen MR) is 72.9 cm³/mol. The smallest absolute Gasteiger partial charge is 0.166 e. The molecule has 5 heteroatoms. The Bertz CT molecular complexity index is 587. The molecule has 0 aliphatic heterocycles. The molecule has 1 aromatic carbocycles. The molecule has 2 aromatic rings. The first-order valence-corrected chi connectivity index (χ1v) is 6.93. The van der Waals surface area contributed by atoms with Crippen LogP contribution in [-0.2, 0) is 6.18 Å². The quantitative estimate of drug-likeness (QED) is 0.623. The van der Waals surface area contributed by atoms with E-state index in [1.165, 1.54) is 23.5 Å². The van der Waals surface area contributed by atoms with Crippen LogP contribution < -0.4 is 0 Å². The van der Waals surface area contributed by atoms with Crippen LogP contribution in [0.5, 0.6) is 0 Å². The fourth-order valence-electron chi connectivity index (χ4n) is 2.03. The second-order valence-electron chi connectivity index (χ2n) is 4.35. The summed E-state index contributed by atoms with van der Waals surface area (Å²) in [7, 11) is 0. The Morgan fingerprint density at radius 2 is 1.79 bits per heavy atom. The van der Waals surface area contributed by atoms with Crippen LogP contribution in [0.2, 0.25) is 0 Å². The number of aryl methyl sites for hydroxylation is 2. The van der Waals surface area contributed by atoms with Crippen LogP contribution >= 0.6 is 22.9 Å². The van der Waals surface area contributed by atoms with Crippen molar-refractivity contribution in [3.8, 4) is 0 Å². The molecule has 0 fully saturated rings. The first kappa shape index (κ1) is 14.4. The molecule has 0 N–H and O–H groups in total. The van der Waals surface area contributed by atoms with Gasteiger partial charge in [0.2, 0.25) is 0 Å². The van der Waals surface area contributed by atoms with Gasteiger partial charge in [0.15, 0.2) is 0 Å². The van der Waals surface area contributed by atoms with Crippen molar-refractivity contribution in [2.75, 3.05) is 0 Å². The van der Waals surface area contributed by atoms with Gasteiger partial charge in [0.25, 0.3) is 0 Å². The van der Waals surface area contributed by atoms with Crippen LogP contribution in [0.25, 0.3) is 0 Å². The number of thiophene rings is 1. The molecule has 0 spiro atoms. The Kier molecular flexibility index (Phi) is 3.92. The van der Waals surface area contributed by atoms with Gasteiger partial charge in [-0.05, 0) is 37.1 Å². The van der Waals surface area contributed by atoms with Gasteiger partial charge in [0, 0.05) is 9.75 Å². The van der Waals surface area contributed by atoms with E-state index < -0.39 is 17.1 Å². The number of alkyl halides is 4. The molecule has 1 atom stereocenters. The van der Waals surface area contributed by atoms with Crippen molar-refractivity contribution in [2.45, 2.75) is 25.4 Å². The van der Waals surface area contributed by atoms with E-state index in [-0.39, 0.29) is 5.56 Å². The number of benzene rings is 1. The second kappa shape index (κ2) is 5.17. The zero-order valence-electron chi connectivity index (χ0n) is 10.4. The number of rotatable bonds is 2.